The molecule has 1 aromatic heterocycles. The average Bonchev–Trinajstić information content (AvgIpc) is 2.89. The smallest absolute Gasteiger partial charge is 0.0957 e. The SMILES string of the molecule is Ic1cnn(C2CCOC3(CCOC3)C2)c1. The Balaban J connectivity index is 1.77. The largest absolute Gasteiger partial charge is 0.378 e. The molecular weight excluding hydrogens is 319 g/mol. The summed E-state index contributed by atoms with van der Waals surface area (Å²) in [5.74, 6) is 0. The Morgan fingerprint density at radius 3 is 3.12 bits per heavy atom. The monoisotopic (exact) mass is 334 g/mol. The lowest BCUT2D eigenvalue weighted by Crippen LogP contribution is -2.41. The zero-order chi connectivity index (χ0) is 11.0. The van der Waals surface area contributed by atoms with Crippen molar-refractivity contribution in [2.24, 2.45) is 0 Å². The van der Waals surface area contributed by atoms with E-state index < -0.39 is 0 Å². The number of hydrogen-bond donors (Lipinski definition) is 0. The highest BCUT2D eigenvalue weighted by molar-refractivity contribution is 14.1. The molecule has 2 fully saturated rings. The Labute approximate surface area is 108 Å². The van der Waals surface area contributed by atoms with Gasteiger partial charge < -0.3 is 9.47 Å². The maximum absolute atomic E-state index is 5.92. The van der Waals surface area contributed by atoms with Crippen molar-refractivity contribution < 1.29 is 9.47 Å². The molecule has 0 aromatic carbocycles. The van der Waals surface area contributed by atoms with Crippen LogP contribution in [-0.4, -0.2) is 35.2 Å². The first-order valence-corrected chi connectivity index (χ1v) is 6.77. The molecule has 88 valence electrons. The van der Waals surface area contributed by atoms with E-state index in [9.17, 15) is 0 Å². The molecule has 16 heavy (non-hydrogen) atoms. The lowest BCUT2D eigenvalue weighted by atomic mass is 9.90. The van der Waals surface area contributed by atoms with Crippen LogP contribution >= 0.6 is 22.6 Å². The summed E-state index contributed by atoms with van der Waals surface area (Å²) in [4.78, 5) is 0. The molecule has 0 aliphatic carbocycles. The molecule has 0 saturated carbocycles. The third-order valence-electron chi connectivity index (χ3n) is 3.48. The van der Waals surface area contributed by atoms with Crippen LogP contribution in [0, 0.1) is 3.57 Å². The van der Waals surface area contributed by atoms with Crippen LogP contribution in [0.2, 0.25) is 0 Å². The molecule has 0 radical (unpaired) electrons. The van der Waals surface area contributed by atoms with Gasteiger partial charge >= 0.3 is 0 Å². The quantitative estimate of drug-likeness (QED) is 0.737. The van der Waals surface area contributed by atoms with Crippen molar-refractivity contribution >= 4 is 22.6 Å². The van der Waals surface area contributed by atoms with Crippen LogP contribution in [0.1, 0.15) is 25.3 Å². The van der Waals surface area contributed by atoms with E-state index in [2.05, 4.69) is 38.6 Å². The molecule has 1 aromatic rings. The minimum absolute atomic E-state index is 0.0275. The maximum atomic E-state index is 5.92. The lowest BCUT2D eigenvalue weighted by molar-refractivity contribution is -0.0962. The van der Waals surface area contributed by atoms with Crippen molar-refractivity contribution in [2.45, 2.75) is 30.9 Å². The highest BCUT2D eigenvalue weighted by Crippen LogP contribution is 2.37. The number of aromatic nitrogens is 2. The number of rotatable bonds is 1. The standard InChI is InChI=1S/C11H15IN2O2/c12-9-6-13-14(7-9)10-1-3-16-11(5-10)2-4-15-8-11/h6-7,10H,1-5,8H2. The van der Waals surface area contributed by atoms with E-state index in [1.165, 1.54) is 3.57 Å². The van der Waals surface area contributed by atoms with Crippen LogP contribution in [-0.2, 0) is 9.47 Å². The fourth-order valence-corrected chi connectivity index (χ4v) is 3.02. The van der Waals surface area contributed by atoms with Gasteiger partial charge in [0.2, 0.25) is 0 Å². The molecule has 5 heteroatoms. The van der Waals surface area contributed by atoms with E-state index in [4.69, 9.17) is 9.47 Å². The van der Waals surface area contributed by atoms with Crippen LogP contribution in [0.5, 0.6) is 0 Å². The van der Waals surface area contributed by atoms with Gasteiger partial charge in [-0.3, -0.25) is 4.68 Å². The molecule has 3 rings (SSSR count). The van der Waals surface area contributed by atoms with Gasteiger partial charge in [-0.25, -0.2) is 0 Å². The molecule has 0 bridgehead atoms. The molecule has 2 unspecified atom stereocenters. The predicted octanol–water partition coefficient (Wildman–Crippen LogP) is 2.00. The molecule has 0 N–H and O–H groups in total. The maximum Gasteiger partial charge on any atom is 0.0957 e. The number of hydrogen-bond acceptors (Lipinski definition) is 3. The van der Waals surface area contributed by atoms with E-state index >= 15 is 0 Å². The summed E-state index contributed by atoms with van der Waals surface area (Å²) in [6.45, 7) is 2.41. The highest BCUT2D eigenvalue weighted by Gasteiger charge is 2.41. The van der Waals surface area contributed by atoms with E-state index in [0.29, 0.717) is 6.04 Å². The van der Waals surface area contributed by atoms with Gasteiger partial charge in [-0.05, 0) is 29.0 Å². The second kappa shape index (κ2) is 4.27. The minimum atomic E-state index is -0.0275. The van der Waals surface area contributed by atoms with E-state index in [-0.39, 0.29) is 5.60 Å². The molecule has 4 nitrogen and oxygen atoms in total. The Hall–Kier alpha value is -0.140. The van der Waals surface area contributed by atoms with Crippen LogP contribution in [0.4, 0.5) is 0 Å². The number of ether oxygens (including phenoxy) is 2. The first kappa shape index (κ1) is 11.0. The van der Waals surface area contributed by atoms with Crippen LogP contribution < -0.4 is 0 Å². The van der Waals surface area contributed by atoms with Gasteiger partial charge in [0.1, 0.15) is 0 Å². The van der Waals surface area contributed by atoms with Gasteiger partial charge in [0, 0.05) is 32.3 Å². The van der Waals surface area contributed by atoms with Gasteiger partial charge in [-0.15, -0.1) is 0 Å². The van der Waals surface area contributed by atoms with Crippen LogP contribution in [0.3, 0.4) is 0 Å². The summed E-state index contributed by atoms with van der Waals surface area (Å²) in [5.41, 5.74) is -0.0275. The first-order valence-electron chi connectivity index (χ1n) is 5.69. The summed E-state index contributed by atoms with van der Waals surface area (Å²) >= 11 is 2.30. The zero-order valence-electron chi connectivity index (χ0n) is 9.06. The number of halogens is 1. The molecule has 2 saturated heterocycles. The third-order valence-corrected chi connectivity index (χ3v) is 4.04. The summed E-state index contributed by atoms with van der Waals surface area (Å²) in [5, 5.41) is 4.41. The van der Waals surface area contributed by atoms with Crippen molar-refractivity contribution in [1.29, 1.82) is 0 Å². The summed E-state index contributed by atoms with van der Waals surface area (Å²) in [7, 11) is 0. The third kappa shape index (κ3) is 2.00. The van der Waals surface area contributed by atoms with E-state index in [1.807, 2.05) is 6.20 Å². The van der Waals surface area contributed by atoms with Gasteiger partial charge in [-0.2, -0.15) is 5.10 Å². The second-order valence-electron chi connectivity index (χ2n) is 4.62. The highest BCUT2D eigenvalue weighted by atomic mass is 127. The molecule has 2 aliphatic heterocycles. The van der Waals surface area contributed by atoms with E-state index in [1.54, 1.807) is 0 Å². The fraction of sp³-hybridized carbons (Fsp3) is 0.727. The van der Waals surface area contributed by atoms with Gasteiger partial charge in [0.15, 0.2) is 0 Å². The van der Waals surface area contributed by atoms with Gasteiger partial charge in [0.25, 0.3) is 0 Å². The number of nitrogens with zero attached hydrogens (tertiary/aromatic N) is 2. The molecule has 3 heterocycles. The first-order chi connectivity index (χ1) is 7.77. The molecule has 0 amide bonds. The molecule has 1 spiro atoms. The van der Waals surface area contributed by atoms with Crippen molar-refractivity contribution in [3.05, 3.63) is 16.0 Å². The Morgan fingerprint density at radius 2 is 2.44 bits per heavy atom. The summed E-state index contributed by atoms with van der Waals surface area (Å²) < 4.78 is 14.7. The summed E-state index contributed by atoms with van der Waals surface area (Å²) in [6, 6.07) is 0.471. The molecule has 2 atom stereocenters. The predicted molar refractivity (Wildman–Crippen MR) is 67.3 cm³/mol. The molecular formula is C11H15IN2O2. The van der Waals surface area contributed by atoms with Crippen molar-refractivity contribution in [1.82, 2.24) is 9.78 Å². The zero-order valence-corrected chi connectivity index (χ0v) is 11.2. The molecule has 2 aliphatic rings. The van der Waals surface area contributed by atoms with Gasteiger partial charge in [0.05, 0.1) is 28.0 Å². The average molecular weight is 334 g/mol. The fourth-order valence-electron chi connectivity index (χ4n) is 2.61. The normalized spacial score (nSPS) is 34.7. The second-order valence-corrected chi connectivity index (χ2v) is 5.86. The van der Waals surface area contributed by atoms with Crippen molar-refractivity contribution in [3.8, 4) is 0 Å². The summed E-state index contributed by atoms with van der Waals surface area (Å²) in [6.07, 6.45) is 7.14. The van der Waals surface area contributed by atoms with Crippen LogP contribution in [0.25, 0.3) is 0 Å². The Morgan fingerprint density at radius 1 is 1.50 bits per heavy atom. The topological polar surface area (TPSA) is 36.3 Å². The van der Waals surface area contributed by atoms with Gasteiger partial charge in [-0.1, -0.05) is 0 Å². The minimum Gasteiger partial charge on any atom is -0.378 e. The Kier molecular flexibility index (Phi) is 2.93. The van der Waals surface area contributed by atoms with E-state index in [0.717, 1.165) is 39.1 Å². The Bertz CT molecular complexity index is 374. The van der Waals surface area contributed by atoms with Crippen molar-refractivity contribution in [3.63, 3.8) is 0 Å². The van der Waals surface area contributed by atoms with Crippen molar-refractivity contribution in [2.75, 3.05) is 19.8 Å². The lowest BCUT2D eigenvalue weighted by Gasteiger charge is -2.37. The van der Waals surface area contributed by atoms with Crippen LogP contribution in [0.15, 0.2) is 12.4 Å².